The maximum Gasteiger partial charge on any atom is 0.410 e. The van der Waals surface area contributed by atoms with Gasteiger partial charge in [0.15, 0.2) is 6.10 Å². The second-order valence-electron chi connectivity index (χ2n) is 17.3. The van der Waals surface area contributed by atoms with Crippen molar-refractivity contribution in [2.24, 2.45) is 0 Å². The zero-order chi connectivity index (χ0) is 41.8. The molecule has 13 nitrogen and oxygen atoms in total. The molecule has 0 radical (unpaired) electrons. The van der Waals surface area contributed by atoms with E-state index < -0.39 is 12.2 Å². The van der Waals surface area contributed by atoms with Gasteiger partial charge in [0.1, 0.15) is 11.5 Å². The van der Waals surface area contributed by atoms with E-state index in [-0.39, 0.29) is 43.5 Å². The summed E-state index contributed by atoms with van der Waals surface area (Å²) in [6.45, 7) is 10.2. The number of piperazine rings is 1. The molecule has 1 aliphatic carbocycles. The van der Waals surface area contributed by atoms with Crippen LogP contribution in [0.5, 0.6) is 11.5 Å². The highest BCUT2D eigenvalue weighted by Crippen LogP contribution is 2.29. The van der Waals surface area contributed by atoms with Crippen LogP contribution in [0.2, 0.25) is 0 Å². The Balaban J connectivity index is 0.00000561. The number of hydrogen-bond acceptors (Lipinski definition) is 9. The van der Waals surface area contributed by atoms with Gasteiger partial charge in [-0.2, -0.15) is 0 Å². The van der Waals surface area contributed by atoms with Crippen molar-refractivity contribution in [3.8, 4) is 11.5 Å². The molecule has 13 heteroatoms. The van der Waals surface area contributed by atoms with Crippen molar-refractivity contribution in [3.05, 3.63) is 88.0 Å². The average Bonchev–Trinajstić information content (AvgIpc) is 3.66. The molecule has 8 rings (SSSR count). The Labute approximate surface area is 360 Å². The van der Waals surface area contributed by atoms with Gasteiger partial charge in [0.05, 0.1) is 6.42 Å². The number of para-hydroxylation sites is 1. The summed E-state index contributed by atoms with van der Waals surface area (Å²) >= 11 is 0. The van der Waals surface area contributed by atoms with Gasteiger partial charge in [0, 0.05) is 76.5 Å². The number of benzene rings is 3. The van der Waals surface area contributed by atoms with E-state index in [2.05, 4.69) is 21.2 Å². The normalized spacial score (nSPS) is 19.6. The van der Waals surface area contributed by atoms with Gasteiger partial charge in [0.25, 0.3) is 5.91 Å². The highest BCUT2D eigenvalue weighted by Gasteiger charge is 2.36. The van der Waals surface area contributed by atoms with Crippen LogP contribution >= 0.6 is 0 Å². The van der Waals surface area contributed by atoms with Crippen LogP contribution in [0.15, 0.2) is 54.6 Å². The Kier molecular flexibility index (Phi) is 14.2. The minimum atomic E-state index is -1.02. The van der Waals surface area contributed by atoms with Gasteiger partial charge in [-0.1, -0.05) is 43.8 Å². The van der Waals surface area contributed by atoms with E-state index in [0.29, 0.717) is 81.4 Å². The second-order valence-corrected chi connectivity index (χ2v) is 17.3. The van der Waals surface area contributed by atoms with E-state index in [1.807, 2.05) is 72.2 Å². The van der Waals surface area contributed by atoms with Crippen molar-refractivity contribution in [1.29, 1.82) is 0 Å². The fraction of sp³-hybridized carbons (Fsp3) is 0.542. The smallest absolute Gasteiger partial charge is 0.410 e. The summed E-state index contributed by atoms with van der Waals surface area (Å²) < 4.78 is 11.8. The predicted molar refractivity (Wildman–Crippen MR) is 235 cm³/mol. The zero-order valence-electron chi connectivity index (χ0n) is 35.2. The Morgan fingerprint density at radius 3 is 2.20 bits per heavy atom. The van der Waals surface area contributed by atoms with Crippen LogP contribution in [0.3, 0.4) is 0 Å². The van der Waals surface area contributed by atoms with Crippen molar-refractivity contribution in [3.63, 3.8) is 0 Å². The van der Waals surface area contributed by atoms with E-state index in [9.17, 15) is 24.3 Å². The number of ether oxygens (including phenoxy) is 2. The lowest BCUT2D eigenvalue weighted by atomic mass is 10.00. The summed E-state index contributed by atoms with van der Waals surface area (Å²) in [4.78, 5) is 64.1. The standard InChI is InChI=1S/C47H60N6O7.CH4/c1-32-28-34(29-33(2)44(32)55)30-42(60-47(58)52-21-15-39(16-22-52)53-23-12-36-6-3-4-9-41(36)48-46(53)57)45(56)51-26-24-50(25-27-51)38-13-18-49(19-14-38)20-17-43(54)59-40-11-10-35-7-5-8-37(35)31-40;/h3-4,6,9-11,28-29,31,38-39,42,55H,5,7-8,12-27,30H2,1-2H3,(H,48,57);1H4/t42-;/m1./s1. The predicted octanol–water partition coefficient (Wildman–Crippen LogP) is 6.34. The molecule has 328 valence electrons. The number of carbonyl (C=O) groups excluding carboxylic acids is 4. The average molecular weight is 837 g/mol. The van der Waals surface area contributed by atoms with Gasteiger partial charge >= 0.3 is 18.1 Å². The molecule has 1 atom stereocenters. The number of carbonyl (C=O) groups is 4. The number of fused-ring (bicyclic) bond motifs is 2. The minimum absolute atomic E-state index is 0. The number of nitrogens with zero attached hydrogens (tertiary/aromatic N) is 5. The van der Waals surface area contributed by atoms with Crippen LogP contribution in [0.1, 0.15) is 79.3 Å². The monoisotopic (exact) mass is 836 g/mol. The van der Waals surface area contributed by atoms with Crippen LogP contribution in [0, 0.1) is 13.8 Å². The number of piperidine rings is 2. The Bertz CT molecular complexity index is 2030. The number of anilines is 1. The molecular formula is C48H64N6O7. The van der Waals surface area contributed by atoms with Gasteiger partial charge < -0.3 is 39.5 Å². The molecule has 61 heavy (non-hydrogen) atoms. The van der Waals surface area contributed by atoms with Crippen molar-refractivity contribution < 1.29 is 33.8 Å². The second kappa shape index (κ2) is 19.7. The summed E-state index contributed by atoms with van der Waals surface area (Å²) in [6, 6.07) is 17.9. The molecule has 0 bridgehead atoms. The molecule has 4 heterocycles. The number of likely N-dealkylation sites (tertiary alicyclic amines) is 2. The summed E-state index contributed by atoms with van der Waals surface area (Å²) in [5, 5.41) is 13.5. The molecule has 4 aliphatic heterocycles. The third-order valence-electron chi connectivity index (χ3n) is 13.4. The Hall–Kier alpha value is -5.14. The third kappa shape index (κ3) is 10.5. The zero-order valence-corrected chi connectivity index (χ0v) is 35.2. The van der Waals surface area contributed by atoms with E-state index in [4.69, 9.17) is 9.47 Å². The molecule has 3 aromatic carbocycles. The maximum absolute atomic E-state index is 14.3. The van der Waals surface area contributed by atoms with Crippen LogP contribution in [0.4, 0.5) is 15.3 Å². The Morgan fingerprint density at radius 2 is 1.46 bits per heavy atom. The molecule has 4 amide bonds. The molecule has 3 fully saturated rings. The largest absolute Gasteiger partial charge is 0.507 e. The number of aryl methyl sites for hydroxylation is 4. The molecule has 2 N–H and O–H groups in total. The highest BCUT2D eigenvalue weighted by molar-refractivity contribution is 5.91. The van der Waals surface area contributed by atoms with Gasteiger partial charge in [0.2, 0.25) is 0 Å². The molecule has 0 spiro atoms. The number of nitrogens with one attached hydrogen (secondary N) is 1. The number of rotatable bonds is 10. The Morgan fingerprint density at radius 1 is 0.770 bits per heavy atom. The summed E-state index contributed by atoms with van der Waals surface area (Å²) in [6.07, 6.45) is 6.36. The first-order valence-electron chi connectivity index (χ1n) is 22.1. The number of phenolic OH excluding ortho intramolecular Hbond substituents is 1. The molecule has 0 saturated carbocycles. The van der Waals surface area contributed by atoms with Gasteiger partial charge in [-0.3, -0.25) is 14.5 Å². The van der Waals surface area contributed by atoms with Gasteiger partial charge in [-0.25, -0.2) is 9.59 Å². The number of aromatic hydroxyl groups is 1. The van der Waals surface area contributed by atoms with Crippen LogP contribution < -0.4 is 10.1 Å². The van der Waals surface area contributed by atoms with E-state index >= 15 is 0 Å². The number of urea groups is 1. The molecule has 0 aromatic heterocycles. The topological polar surface area (TPSA) is 135 Å². The SMILES string of the molecule is C.Cc1cc(C[C@@H](OC(=O)N2CCC(N3CCc4ccccc4NC3=O)CC2)C(=O)N2CCN(C3CCN(CCC(=O)Oc4ccc5c(c4)CCC5)CC3)CC2)cc(C)c1O. The number of esters is 1. The van der Waals surface area contributed by atoms with Crippen molar-refractivity contribution in [2.45, 2.75) is 104 Å². The van der Waals surface area contributed by atoms with Gasteiger partial charge in [-0.05, 0) is 130 Å². The lowest BCUT2D eigenvalue weighted by Gasteiger charge is -2.43. The number of hydrogen-bond donors (Lipinski definition) is 2. The fourth-order valence-corrected chi connectivity index (χ4v) is 9.91. The summed E-state index contributed by atoms with van der Waals surface area (Å²) in [5.41, 5.74) is 6.86. The first kappa shape index (κ1) is 43.9. The summed E-state index contributed by atoms with van der Waals surface area (Å²) in [5.74, 6) is 0.475. The van der Waals surface area contributed by atoms with Crippen LogP contribution in [0.25, 0.3) is 0 Å². The van der Waals surface area contributed by atoms with Crippen LogP contribution in [-0.2, 0) is 40.0 Å². The summed E-state index contributed by atoms with van der Waals surface area (Å²) in [7, 11) is 0. The van der Waals surface area contributed by atoms with Crippen molar-refractivity contribution in [2.75, 3.05) is 70.8 Å². The third-order valence-corrected chi connectivity index (χ3v) is 13.4. The van der Waals surface area contributed by atoms with Gasteiger partial charge in [-0.15, -0.1) is 0 Å². The van der Waals surface area contributed by atoms with E-state index in [1.54, 1.807) is 4.90 Å². The molecule has 5 aliphatic rings. The molecule has 0 unspecified atom stereocenters. The number of phenols is 1. The first-order valence-corrected chi connectivity index (χ1v) is 22.1. The molecular weight excluding hydrogens is 773 g/mol. The number of amides is 4. The van der Waals surface area contributed by atoms with E-state index in [0.717, 1.165) is 81.5 Å². The highest BCUT2D eigenvalue weighted by atomic mass is 16.6. The quantitative estimate of drug-likeness (QED) is 0.177. The van der Waals surface area contributed by atoms with E-state index in [1.165, 1.54) is 11.1 Å². The van der Waals surface area contributed by atoms with Crippen LogP contribution in [-0.4, -0.2) is 137 Å². The maximum atomic E-state index is 14.3. The molecule has 3 aromatic rings. The molecule has 3 saturated heterocycles. The van der Waals surface area contributed by atoms with Crippen molar-refractivity contribution in [1.82, 2.24) is 24.5 Å². The van der Waals surface area contributed by atoms with Crippen molar-refractivity contribution >= 4 is 29.7 Å². The first-order chi connectivity index (χ1) is 29.1. The lowest BCUT2D eigenvalue weighted by Crippen LogP contribution is -2.56. The lowest BCUT2D eigenvalue weighted by molar-refractivity contribution is -0.143. The fourth-order valence-electron chi connectivity index (χ4n) is 9.91. The minimum Gasteiger partial charge on any atom is -0.507 e.